The van der Waals surface area contributed by atoms with Crippen molar-refractivity contribution in [2.45, 2.75) is 0 Å². The molecule has 1 aromatic carbocycles. The Hall–Kier alpha value is -3.87. The lowest BCUT2D eigenvalue weighted by Gasteiger charge is -2.16. The van der Waals surface area contributed by atoms with Gasteiger partial charge in [-0.1, -0.05) is 12.1 Å². The van der Waals surface area contributed by atoms with Crippen LogP contribution in [0.1, 0.15) is 0 Å². The molecule has 0 saturated heterocycles. The van der Waals surface area contributed by atoms with Crippen LogP contribution in [0.4, 0.5) is 5.69 Å². The van der Waals surface area contributed by atoms with Gasteiger partial charge in [-0.2, -0.15) is 0 Å². The Morgan fingerprint density at radius 2 is 2.08 bits per heavy atom. The fourth-order valence-corrected chi connectivity index (χ4v) is 2.62. The van der Waals surface area contributed by atoms with E-state index in [1.165, 1.54) is 0 Å². The van der Waals surface area contributed by atoms with E-state index in [9.17, 15) is 4.79 Å². The van der Waals surface area contributed by atoms with E-state index in [2.05, 4.69) is 20.6 Å². The number of guanidine groups is 1. The van der Waals surface area contributed by atoms with Crippen molar-refractivity contribution in [2.24, 2.45) is 15.7 Å². The Kier molecular flexibility index (Phi) is 3.95. The highest BCUT2D eigenvalue weighted by Gasteiger charge is 2.19. The molecule has 2 heterocycles. The van der Waals surface area contributed by atoms with Gasteiger partial charge < -0.3 is 21.1 Å². The number of aliphatic imine (C=N–C) groups is 2. The normalized spacial score (nSPS) is 17.8. The molecule has 4 bridgehead atoms. The molecular formula is C19H15N5O2. The van der Waals surface area contributed by atoms with Crippen molar-refractivity contribution < 1.29 is 9.53 Å². The summed E-state index contributed by atoms with van der Waals surface area (Å²) in [6.07, 6.45) is 11.9. The lowest BCUT2D eigenvalue weighted by molar-refractivity contribution is -0.114. The summed E-state index contributed by atoms with van der Waals surface area (Å²) in [5.41, 5.74) is 7.88. The van der Waals surface area contributed by atoms with Crippen LogP contribution in [0.3, 0.4) is 0 Å². The second-order valence-electron chi connectivity index (χ2n) is 5.60. The number of hydrogen-bond acceptors (Lipinski definition) is 6. The number of nitrogens with zero attached hydrogens (tertiary/aromatic N) is 2. The van der Waals surface area contributed by atoms with E-state index in [4.69, 9.17) is 10.5 Å². The number of nitrogens with one attached hydrogen (secondary N) is 2. The van der Waals surface area contributed by atoms with Gasteiger partial charge in [0, 0.05) is 23.5 Å². The van der Waals surface area contributed by atoms with Gasteiger partial charge in [-0.25, -0.2) is 9.98 Å². The van der Waals surface area contributed by atoms with E-state index in [1.807, 2.05) is 24.3 Å². The average Bonchev–Trinajstić information content (AvgIpc) is 3.02. The fourth-order valence-electron chi connectivity index (χ4n) is 2.62. The standard InChI is InChI=1S/C19H15N5O2/c20-18(25)15-7-6-12-3-2-10-26-14-5-1-4-13(11-14)22-19-21-9-8-16(24-19)23-17(12)15/h1-11H,(H2,20,25)(H2,21,22,23,24). The molecule has 2 aliphatic heterocycles. The van der Waals surface area contributed by atoms with Crippen LogP contribution in [-0.2, 0) is 4.79 Å². The Labute approximate surface area is 149 Å². The van der Waals surface area contributed by atoms with Crippen molar-refractivity contribution in [3.8, 4) is 5.75 Å². The zero-order chi connectivity index (χ0) is 17.9. The minimum Gasteiger partial charge on any atom is -0.465 e. The highest BCUT2D eigenvalue weighted by Crippen LogP contribution is 2.26. The molecule has 4 N–H and O–H groups in total. The molecule has 0 atom stereocenters. The number of allylic oxidation sites excluding steroid dienone is 3. The second-order valence-corrected chi connectivity index (χ2v) is 5.60. The molecule has 1 aromatic rings. The van der Waals surface area contributed by atoms with E-state index in [1.54, 1.807) is 42.8 Å². The van der Waals surface area contributed by atoms with Crippen LogP contribution in [0, 0.1) is 0 Å². The molecule has 1 amide bonds. The monoisotopic (exact) mass is 345 g/mol. The van der Waals surface area contributed by atoms with Gasteiger partial charge >= 0.3 is 0 Å². The summed E-state index contributed by atoms with van der Waals surface area (Å²) in [6, 6.07) is 7.48. The first-order valence-corrected chi connectivity index (χ1v) is 7.92. The molecular weight excluding hydrogens is 330 g/mol. The molecule has 26 heavy (non-hydrogen) atoms. The van der Waals surface area contributed by atoms with Gasteiger partial charge in [0.15, 0.2) is 0 Å². The minimum atomic E-state index is -0.535. The third-order valence-electron chi connectivity index (χ3n) is 3.79. The largest absolute Gasteiger partial charge is 0.465 e. The molecule has 0 unspecified atom stereocenters. The van der Waals surface area contributed by atoms with Gasteiger partial charge in [-0.05, 0) is 36.4 Å². The molecule has 128 valence electrons. The van der Waals surface area contributed by atoms with Crippen molar-refractivity contribution >= 4 is 23.4 Å². The van der Waals surface area contributed by atoms with E-state index in [0.29, 0.717) is 28.8 Å². The SMILES string of the molecule is NC(=O)C1=C2N=C3C=CN=C(N3)Nc3cccc(c3)OC=CC=C2C=C1. The van der Waals surface area contributed by atoms with Gasteiger partial charge in [0.2, 0.25) is 5.96 Å². The summed E-state index contributed by atoms with van der Waals surface area (Å²) in [5, 5.41) is 6.25. The number of nitrogens with two attached hydrogens (primary N) is 1. The molecule has 3 aliphatic rings. The lowest BCUT2D eigenvalue weighted by Crippen LogP contribution is -2.36. The molecule has 0 saturated carbocycles. The lowest BCUT2D eigenvalue weighted by atomic mass is 10.1. The molecule has 7 heteroatoms. The second kappa shape index (κ2) is 6.56. The number of carbonyl (C=O) groups excluding carboxylic acids is 1. The van der Waals surface area contributed by atoms with Crippen molar-refractivity contribution in [3.63, 3.8) is 0 Å². The van der Waals surface area contributed by atoms with Gasteiger partial charge in [0.1, 0.15) is 11.6 Å². The molecule has 0 aromatic heterocycles. The maximum absolute atomic E-state index is 11.7. The van der Waals surface area contributed by atoms with E-state index in [-0.39, 0.29) is 0 Å². The summed E-state index contributed by atoms with van der Waals surface area (Å²) in [5.74, 6) is 1.19. The smallest absolute Gasteiger partial charge is 0.250 e. The third kappa shape index (κ3) is 3.18. The first kappa shape index (κ1) is 15.6. The van der Waals surface area contributed by atoms with Gasteiger partial charge in [0.05, 0.1) is 17.5 Å². The maximum Gasteiger partial charge on any atom is 0.250 e. The van der Waals surface area contributed by atoms with Crippen molar-refractivity contribution in [3.05, 3.63) is 84.0 Å². The van der Waals surface area contributed by atoms with Crippen LogP contribution in [-0.4, -0.2) is 17.7 Å². The first-order chi connectivity index (χ1) is 12.7. The summed E-state index contributed by atoms with van der Waals surface area (Å²) >= 11 is 0. The molecule has 0 fully saturated rings. The minimum absolute atomic E-state index is 0.350. The predicted molar refractivity (Wildman–Crippen MR) is 100 cm³/mol. The Morgan fingerprint density at radius 3 is 2.96 bits per heavy atom. The molecule has 4 rings (SSSR count). The van der Waals surface area contributed by atoms with Gasteiger partial charge in [0.25, 0.3) is 5.91 Å². The number of benzene rings is 1. The van der Waals surface area contributed by atoms with Crippen molar-refractivity contribution in [1.29, 1.82) is 0 Å². The number of amidine groups is 1. The fraction of sp³-hybridized carbons (Fsp3) is 0. The summed E-state index contributed by atoms with van der Waals surface area (Å²) in [7, 11) is 0. The maximum atomic E-state index is 11.7. The zero-order valence-electron chi connectivity index (χ0n) is 13.6. The number of amides is 1. The topological polar surface area (TPSA) is 101 Å². The Morgan fingerprint density at radius 1 is 1.15 bits per heavy atom. The van der Waals surface area contributed by atoms with Gasteiger partial charge in [-0.15, -0.1) is 0 Å². The number of rotatable bonds is 1. The number of hydrogen-bond donors (Lipinski definition) is 3. The predicted octanol–water partition coefficient (Wildman–Crippen LogP) is 2.11. The Bertz CT molecular complexity index is 993. The number of carbonyl (C=O) groups is 1. The number of ether oxygens (including phenoxy) is 1. The summed E-state index contributed by atoms with van der Waals surface area (Å²) < 4.78 is 5.61. The van der Waals surface area contributed by atoms with E-state index in [0.717, 1.165) is 11.3 Å². The summed E-state index contributed by atoms with van der Waals surface area (Å²) in [6.45, 7) is 0. The van der Waals surface area contributed by atoms with Crippen LogP contribution < -0.4 is 21.1 Å². The van der Waals surface area contributed by atoms with E-state index < -0.39 is 5.91 Å². The van der Waals surface area contributed by atoms with Crippen LogP contribution in [0.25, 0.3) is 0 Å². The number of primary amides is 1. The van der Waals surface area contributed by atoms with Crippen LogP contribution >= 0.6 is 0 Å². The molecule has 0 spiro atoms. The number of fused-ring (bicyclic) bond motifs is 5. The van der Waals surface area contributed by atoms with Crippen LogP contribution in [0.15, 0.2) is 93.9 Å². The third-order valence-corrected chi connectivity index (χ3v) is 3.79. The number of anilines is 1. The summed E-state index contributed by atoms with van der Waals surface area (Å²) in [4.78, 5) is 20.5. The van der Waals surface area contributed by atoms with Gasteiger partial charge in [-0.3, -0.25) is 4.79 Å². The quantitative estimate of drug-likeness (QED) is 0.725. The van der Waals surface area contributed by atoms with Crippen LogP contribution in [0.2, 0.25) is 0 Å². The molecule has 7 nitrogen and oxygen atoms in total. The van der Waals surface area contributed by atoms with E-state index >= 15 is 0 Å². The highest BCUT2D eigenvalue weighted by atomic mass is 16.5. The first-order valence-electron chi connectivity index (χ1n) is 7.92. The van der Waals surface area contributed by atoms with Crippen molar-refractivity contribution in [1.82, 2.24) is 5.32 Å². The molecule has 1 aliphatic carbocycles. The highest BCUT2D eigenvalue weighted by molar-refractivity contribution is 6.12. The van der Waals surface area contributed by atoms with Crippen LogP contribution in [0.5, 0.6) is 5.75 Å². The Balaban J connectivity index is 1.80. The zero-order valence-corrected chi connectivity index (χ0v) is 13.6. The average molecular weight is 345 g/mol. The van der Waals surface area contributed by atoms with Crippen molar-refractivity contribution in [2.75, 3.05) is 5.32 Å². The molecule has 0 radical (unpaired) electrons.